The van der Waals surface area contributed by atoms with Crippen LogP contribution >= 0.6 is 11.6 Å². The summed E-state index contributed by atoms with van der Waals surface area (Å²) in [5.41, 5.74) is 0.260. The molecule has 0 bridgehead atoms. The molecule has 1 rings (SSSR count). The molecule has 1 atom stereocenters. The van der Waals surface area contributed by atoms with Gasteiger partial charge in [0.15, 0.2) is 5.82 Å². The average Bonchev–Trinajstić information content (AvgIpc) is 2.50. The van der Waals surface area contributed by atoms with Crippen LogP contribution in [0.5, 0.6) is 0 Å². The second kappa shape index (κ2) is 4.30. The molecule has 0 aliphatic carbocycles. The van der Waals surface area contributed by atoms with Crippen LogP contribution in [0.15, 0.2) is 4.52 Å². The minimum absolute atomic E-state index is 0.260. The van der Waals surface area contributed by atoms with Gasteiger partial charge in [-0.15, -0.1) is 11.6 Å². The highest BCUT2D eigenvalue weighted by Crippen LogP contribution is 2.27. The maximum absolute atomic E-state index is 5.58. The fraction of sp³-hybridized carbons (Fsp3) is 0.800. The molecule has 1 heterocycles. The second-order valence-electron chi connectivity index (χ2n) is 4.71. The van der Waals surface area contributed by atoms with E-state index in [4.69, 9.17) is 16.1 Å². The number of rotatable bonds is 3. The summed E-state index contributed by atoms with van der Waals surface area (Å²) < 4.78 is 5.08. The fourth-order valence-electron chi connectivity index (χ4n) is 0.995. The van der Waals surface area contributed by atoms with Gasteiger partial charge in [0.05, 0.1) is 5.88 Å². The first-order chi connectivity index (χ1) is 6.43. The summed E-state index contributed by atoms with van der Waals surface area (Å²) in [7, 11) is 0. The molecular weight excluding hydrogens is 200 g/mol. The number of hydrogen-bond donors (Lipinski definition) is 0. The van der Waals surface area contributed by atoms with Crippen molar-refractivity contribution in [1.29, 1.82) is 0 Å². The Morgan fingerprint density at radius 1 is 1.43 bits per heavy atom. The van der Waals surface area contributed by atoms with E-state index in [1.807, 2.05) is 0 Å². The van der Waals surface area contributed by atoms with Crippen molar-refractivity contribution in [2.24, 2.45) is 11.3 Å². The van der Waals surface area contributed by atoms with Gasteiger partial charge < -0.3 is 4.52 Å². The molecule has 14 heavy (non-hydrogen) atoms. The van der Waals surface area contributed by atoms with Gasteiger partial charge in [-0.2, -0.15) is 4.98 Å². The quantitative estimate of drug-likeness (QED) is 0.730. The molecule has 3 nitrogen and oxygen atoms in total. The Balaban J connectivity index is 2.60. The third-order valence-corrected chi connectivity index (χ3v) is 2.83. The number of halogens is 1. The molecule has 1 aromatic heterocycles. The lowest BCUT2D eigenvalue weighted by molar-refractivity contribution is 0.236. The van der Waals surface area contributed by atoms with Gasteiger partial charge in [0, 0.05) is 6.42 Å². The van der Waals surface area contributed by atoms with Gasteiger partial charge in [-0.1, -0.05) is 32.9 Å². The number of hydrogen-bond acceptors (Lipinski definition) is 3. The predicted molar refractivity (Wildman–Crippen MR) is 56.2 cm³/mol. The van der Waals surface area contributed by atoms with Gasteiger partial charge in [-0.25, -0.2) is 0 Å². The van der Waals surface area contributed by atoms with E-state index in [-0.39, 0.29) is 5.41 Å². The molecule has 0 N–H and O–H groups in total. The van der Waals surface area contributed by atoms with Crippen LogP contribution < -0.4 is 0 Å². The lowest BCUT2D eigenvalue weighted by Gasteiger charge is -2.25. The van der Waals surface area contributed by atoms with Crippen LogP contribution in [0, 0.1) is 11.3 Å². The van der Waals surface area contributed by atoms with E-state index < -0.39 is 0 Å². The summed E-state index contributed by atoms with van der Waals surface area (Å²) in [5.74, 6) is 2.07. The topological polar surface area (TPSA) is 38.9 Å². The summed E-state index contributed by atoms with van der Waals surface area (Å²) in [6.07, 6.45) is 0.813. The molecule has 0 aliphatic rings. The molecule has 0 radical (unpaired) electrons. The molecule has 0 saturated carbocycles. The second-order valence-corrected chi connectivity index (χ2v) is 4.98. The van der Waals surface area contributed by atoms with Crippen molar-refractivity contribution < 1.29 is 4.52 Å². The van der Waals surface area contributed by atoms with Crippen molar-refractivity contribution in [3.63, 3.8) is 0 Å². The standard InChI is InChI=1S/C10H17ClN2O/c1-7(10(2,3)4)5-9-12-8(6-11)13-14-9/h7H,5-6H2,1-4H3. The van der Waals surface area contributed by atoms with Gasteiger partial charge in [0.2, 0.25) is 5.89 Å². The first-order valence-electron chi connectivity index (χ1n) is 4.81. The first kappa shape index (κ1) is 11.5. The molecule has 1 aromatic rings. The Morgan fingerprint density at radius 3 is 2.50 bits per heavy atom. The van der Waals surface area contributed by atoms with Gasteiger partial charge in [-0.05, 0) is 11.3 Å². The Hall–Kier alpha value is -0.570. The smallest absolute Gasteiger partial charge is 0.226 e. The van der Waals surface area contributed by atoms with E-state index in [2.05, 4.69) is 37.8 Å². The first-order valence-corrected chi connectivity index (χ1v) is 5.34. The van der Waals surface area contributed by atoms with Crippen LogP contribution in [0.2, 0.25) is 0 Å². The maximum atomic E-state index is 5.58. The normalized spacial score (nSPS) is 14.4. The summed E-state index contributed by atoms with van der Waals surface area (Å²) in [6, 6.07) is 0. The van der Waals surface area contributed by atoms with Crippen LogP contribution in [0.25, 0.3) is 0 Å². The SMILES string of the molecule is CC(Cc1nc(CCl)no1)C(C)(C)C. The molecule has 0 aromatic carbocycles. The third-order valence-electron chi connectivity index (χ3n) is 2.59. The van der Waals surface area contributed by atoms with Crippen LogP contribution in [0.1, 0.15) is 39.4 Å². The van der Waals surface area contributed by atoms with E-state index >= 15 is 0 Å². The summed E-state index contributed by atoms with van der Waals surface area (Å²) in [5, 5.41) is 3.75. The van der Waals surface area contributed by atoms with E-state index in [9.17, 15) is 0 Å². The molecule has 1 unspecified atom stereocenters. The molecule has 80 valence electrons. The van der Waals surface area contributed by atoms with Gasteiger partial charge >= 0.3 is 0 Å². The molecule has 0 fully saturated rings. The highest BCUT2D eigenvalue weighted by Gasteiger charge is 2.22. The molecule has 0 spiro atoms. The molecule has 0 amide bonds. The zero-order chi connectivity index (χ0) is 10.8. The van der Waals surface area contributed by atoms with E-state index in [0.717, 1.165) is 6.42 Å². The maximum Gasteiger partial charge on any atom is 0.226 e. The van der Waals surface area contributed by atoms with Crippen molar-refractivity contribution in [3.05, 3.63) is 11.7 Å². The summed E-state index contributed by atoms with van der Waals surface area (Å²) in [4.78, 5) is 4.17. The average molecular weight is 217 g/mol. The highest BCUT2D eigenvalue weighted by molar-refractivity contribution is 6.16. The summed E-state index contributed by atoms with van der Waals surface area (Å²) in [6.45, 7) is 8.80. The number of aromatic nitrogens is 2. The molecule has 0 aliphatic heterocycles. The van der Waals surface area contributed by atoms with Crippen LogP contribution in [0.3, 0.4) is 0 Å². The van der Waals surface area contributed by atoms with Gasteiger partial charge in [-0.3, -0.25) is 0 Å². The van der Waals surface area contributed by atoms with Crippen molar-refractivity contribution in [2.45, 2.75) is 40.0 Å². The lowest BCUT2D eigenvalue weighted by Crippen LogP contribution is -2.19. The van der Waals surface area contributed by atoms with E-state index in [1.165, 1.54) is 0 Å². The molecular formula is C10H17ClN2O. The zero-order valence-corrected chi connectivity index (χ0v) is 9.93. The van der Waals surface area contributed by atoms with Crippen LogP contribution in [-0.4, -0.2) is 10.1 Å². The van der Waals surface area contributed by atoms with Crippen molar-refractivity contribution >= 4 is 11.6 Å². The van der Waals surface area contributed by atoms with Gasteiger partial charge in [0.25, 0.3) is 0 Å². The highest BCUT2D eigenvalue weighted by atomic mass is 35.5. The third kappa shape index (κ3) is 2.98. The number of nitrogens with zero attached hydrogens (tertiary/aromatic N) is 2. The number of alkyl halides is 1. The van der Waals surface area contributed by atoms with E-state index in [0.29, 0.717) is 23.5 Å². The Morgan fingerprint density at radius 2 is 2.07 bits per heavy atom. The lowest BCUT2D eigenvalue weighted by atomic mass is 9.80. The minimum atomic E-state index is 0.260. The fourth-order valence-corrected chi connectivity index (χ4v) is 1.10. The minimum Gasteiger partial charge on any atom is -0.339 e. The molecule has 0 saturated heterocycles. The Kier molecular flexibility index (Phi) is 3.53. The molecule has 4 heteroatoms. The van der Waals surface area contributed by atoms with Crippen molar-refractivity contribution in [1.82, 2.24) is 10.1 Å². The largest absolute Gasteiger partial charge is 0.339 e. The Labute approximate surface area is 89.8 Å². The van der Waals surface area contributed by atoms with Crippen LogP contribution in [0.4, 0.5) is 0 Å². The van der Waals surface area contributed by atoms with Crippen LogP contribution in [-0.2, 0) is 12.3 Å². The predicted octanol–water partition coefficient (Wildman–Crippen LogP) is 3.03. The zero-order valence-electron chi connectivity index (χ0n) is 9.17. The van der Waals surface area contributed by atoms with Gasteiger partial charge in [0.1, 0.15) is 0 Å². The van der Waals surface area contributed by atoms with E-state index in [1.54, 1.807) is 0 Å². The monoisotopic (exact) mass is 216 g/mol. The van der Waals surface area contributed by atoms with Crippen molar-refractivity contribution in [2.75, 3.05) is 0 Å². The summed E-state index contributed by atoms with van der Waals surface area (Å²) >= 11 is 5.58. The Bertz CT molecular complexity index is 291. The van der Waals surface area contributed by atoms with Crippen molar-refractivity contribution in [3.8, 4) is 0 Å².